The Morgan fingerprint density at radius 1 is 0.938 bits per heavy atom. The number of amides is 1. The number of para-hydroxylation sites is 1. The summed E-state index contributed by atoms with van der Waals surface area (Å²) < 4.78 is 3.74. The summed E-state index contributed by atoms with van der Waals surface area (Å²) in [6, 6.07) is 11.8. The highest BCUT2D eigenvalue weighted by atomic mass is 16.2. The lowest BCUT2D eigenvalue weighted by molar-refractivity contribution is 0.0745. The Bertz CT molecular complexity index is 1240. The average Bonchev–Trinajstić information content (AvgIpc) is 3.45. The molecular formula is C23H24N8O. The first kappa shape index (κ1) is 19.9. The molecular weight excluding hydrogens is 404 g/mol. The molecule has 1 aromatic carbocycles. The van der Waals surface area contributed by atoms with Crippen molar-refractivity contribution in [2.45, 2.75) is 13.8 Å². The van der Waals surface area contributed by atoms with Gasteiger partial charge < -0.3 is 9.80 Å². The molecule has 1 amide bonds. The first-order valence-corrected chi connectivity index (χ1v) is 10.6. The fourth-order valence-corrected chi connectivity index (χ4v) is 4.02. The summed E-state index contributed by atoms with van der Waals surface area (Å²) in [7, 11) is 0. The zero-order chi connectivity index (χ0) is 22.1. The monoisotopic (exact) mass is 428 g/mol. The van der Waals surface area contributed by atoms with Crippen LogP contribution in [0.15, 0.2) is 61.3 Å². The molecule has 0 bridgehead atoms. The number of benzene rings is 1. The third-order valence-electron chi connectivity index (χ3n) is 5.84. The quantitative estimate of drug-likeness (QED) is 0.496. The van der Waals surface area contributed by atoms with E-state index in [1.54, 1.807) is 18.7 Å². The fraction of sp³-hybridized carbons (Fsp3) is 0.261. The summed E-state index contributed by atoms with van der Waals surface area (Å²) in [5, 5.41) is 4.44. The van der Waals surface area contributed by atoms with Crippen LogP contribution in [-0.2, 0) is 0 Å². The zero-order valence-corrected chi connectivity index (χ0v) is 18.1. The second kappa shape index (κ2) is 8.26. The maximum Gasteiger partial charge on any atom is 0.257 e. The lowest BCUT2D eigenvalue weighted by Gasteiger charge is -2.35. The molecule has 0 aliphatic carbocycles. The third-order valence-corrected chi connectivity index (χ3v) is 5.84. The van der Waals surface area contributed by atoms with Crippen LogP contribution in [0.1, 0.15) is 21.9 Å². The van der Waals surface area contributed by atoms with Crippen molar-refractivity contribution >= 4 is 11.7 Å². The van der Waals surface area contributed by atoms with E-state index < -0.39 is 0 Å². The molecule has 32 heavy (non-hydrogen) atoms. The number of aryl methyl sites for hydroxylation is 1. The molecule has 1 aliphatic rings. The first-order chi connectivity index (χ1) is 15.6. The average molecular weight is 429 g/mol. The van der Waals surface area contributed by atoms with Gasteiger partial charge in [0.25, 0.3) is 5.91 Å². The molecule has 0 saturated carbocycles. The molecule has 162 valence electrons. The van der Waals surface area contributed by atoms with Crippen LogP contribution in [0.2, 0.25) is 0 Å². The number of imidazole rings is 1. The molecule has 0 radical (unpaired) electrons. The molecule has 9 heteroatoms. The molecule has 4 aromatic rings. The Kier molecular flexibility index (Phi) is 5.14. The van der Waals surface area contributed by atoms with Crippen molar-refractivity contribution in [3.8, 4) is 11.5 Å². The maximum atomic E-state index is 13.2. The minimum absolute atomic E-state index is 0.0155. The molecule has 9 nitrogen and oxygen atoms in total. The smallest absolute Gasteiger partial charge is 0.257 e. The summed E-state index contributed by atoms with van der Waals surface area (Å²) in [5.74, 6) is 2.52. The predicted octanol–water partition coefficient (Wildman–Crippen LogP) is 2.43. The van der Waals surface area contributed by atoms with E-state index in [2.05, 4.69) is 25.0 Å². The topological polar surface area (TPSA) is 85.0 Å². The number of carbonyl (C=O) groups excluding carboxylic acids is 1. The van der Waals surface area contributed by atoms with Crippen molar-refractivity contribution in [3.05, 3.63) is 78.4 Å². The highest BCUT2D eigenvalue weighted by molar-refractivity contribution is 5.95. The Balaban J connectivity index is 1.28. The standard InChI is InChI=1S/C23H24N8O/c1-17-20(15-27-31(17)19-6-4-3-5-7-19)23(32)29-12-10-28(11-13-29)21-14-22(26-16-25-21)30-9-8-24-18(30)2/h3-9,14-16H,10-13H2,1-2H3. The van der Waals surface area contributed by atoms with Gasteiger partial charge in [-0.05, 0) is 26.0 Å². The van der Waals surface area contributed by atoms with Gasteiger partial charge in [-0.3, -0.25) is 9.36 Å². The Morgan fingerprint density at radius 2 is 1.69 bits per heavy atom. The normalized spacial score (nSPS) is 14.1. The summed E-state index contributed by atoms with van der Waals surface area (Å²) in [6.07, 6.45) is 6.88. The highest BCUT2D eigenvalue weighted by Gasteiger charge is 2.26. The molecule has 0 unspecified atom stereocenters. The van der Waals surface area contributed by atoms with E-state index >= 15 is 0 Å². The van der Waals surface area contributed by atoms with E-state index in [-0.39, 0.29) is 5.91 Å². The van der Waals surface area contributed by atoms with Gasteiger partial charge in [0.1, 0.15) is 23.8 Å². The molecule has 0 atom stereocenters. The Hall–Kier alpha value is -4.01. The molecule has 0 N–H and O–H groups in total. The van der Waals surface area contributed by atoms with E-state index in [9.17, 15) is 4.79 Å². The summed E-state index contributed by atoms with van der Waals surface area (Å²) in [6.45, 7) is 6.53. The second-order valence-corrected chi connectivity index (χ2v) is 7.75. The van der Waals surface area contributed by atoms with E-state index in [1.165, 1.54) is 0 Å². The van der Waals surface area contributed by atoms with Crippen molar-refractivity contribution in [3.63, 3.8) is 0 Å². The van der Waals surface area contributed by atoms with E-state index in [0.29, 0.717) is 31.7 Å². The summed E-state index contributed by atoms with van der Waals surface area (Å²) in [4.78, 5) is 30.3. The molecule has 4 heterocycles. The van der Waals surface area contributed by atoms with E-state index in [4.69, 9.17) is 0 Å². The minimum Gasteiger partial charge on any atom is -0.353 e. The van der Waals surface area contributed by atoms with Crippen molar-refractivity contribution < 1.29 is 4.79 Å². The fourth-order valence-electron chi connectivity index (χ4n) is 4.02. The Morgan fingerprint density at radius 3 is 2.41 bits per heavy atom. The van der Waals surface area contributed by atoms with Gasteiger partial charge in [0.2, 0.25) is 0 Å². The molecule has 0 spiro atoms. The van der Waals surface area contributed by atoms with Gasteiger partial charge in [0.05, 0.1) is 23.1 Å². The van der Waals surface area contributed by atoms with Crippen LogP contribution in [0.4, 0.5) is 5.82 Å². The summed E-state index contributed by atoms with van der Waals surface area (Å²) in [5.41, 5.74) is 2.43. The summed E-state index contributed by atoms with van der Waals surface area (Å²) >= 11 is 0. The maximum absolute atomic E-state index is 13.2. The number of rotatable bonds is 4. The van der Waals surface area contributed by atoms with Gasteiger partial charge in [-0.1, -0.05) is 18.2 Å². The second-order valence-electron chi connectivity index (χ2n) is 7.75. The third kappa shape index (κ3) is 3.62. The van der Waals surface area contributed by atoms with Gasteiger partial charge in [-0.25, -0.2) is 19.6 Å². The van der Waals surface area contributed by atoms with Crippen LogP contribution >= 0.6 is 0 Å². The number of nitrogens with zero attached hydrogens (tertiary/aromatic N) is 8. The van der Waals surface area contributed by atoms with Gasteiger partial charge in [-0.2, -0.15) is 5.10 Å². The zero-order valence-electron chi connectivity index (χ0n) is 18.1. The highest BCUT2D eigenvalue weighted by Crippen LogP contribution is 2.20. The van der Waals surface area contributed by atoms with Crippen LogP contribution in [-0.4, -0.2) is 66.3 Å². The van der Waals surface area contributed by atoms with Crippen molar-refractivity contribution in [2.75, 3.05) is 31.1 Å². The number of anilines is 1. The number of hydrogen-bond donors (Lipinski definition) is 0. The number of aromatic nitrogens is 6. The van der Waals surface area contributed by atoms with Crippen molar-refractivity contribution in [1.29, 1.82) is 0 Å². The van der Waals surface area contributed by atoms with Crippen LogP contribution in [0, 0.1) is 13.8 Å². The molecule has 1 fully saturated rings. The van der Waals surface area contributed by atoms with Crippen molar-refractivity contribution in [1.82, 2.24) is 34.2 Å². The SMILES string of the molecule is Cc1nccn1-c1cc(N2CCN(C(=O)c3cnn(-c4ccccc4)c3C)CC2)ncn1. The van der Waals surface area contributed by atoms with E-state index in [1.807, 2.05) is 70.6 Å². The molecule has 1 saturated heterocycles. The molecule has 5 rings (SSSR count). The Labute approximate surface area is 186 Å². The lowest BCUT2D eigenvalue weighted by Crippen LogP contribution is -2.49. The van der Waals surface area contributed by atoms with Gasteiger partial charge >= 0.3 is 0 Å². The van der Waals surface area contributed by atoms with Crippen LogP contribution in [0.3, 0.4) is 0 Å². The van der Waals surface area contributed by atoms with Crippen LogP contribution in [0.25, 0.3) is 11.5 Å². The van der Waals surface area contributed by atoms with E-state index in [0.717, 1.165) is 28.8 Å². The van der Waals surface area contributed by atoms with Crippen molar-refractivity contribution in [2.24, 2.45) is 0 Å². The number of hydrogen-bond acceptors (Lipinski definition) is 6. The molecule has 3 aromatic heterocycles. The molecule has 1 aliphatic heterocycles. The lowest BCUT2D eigenvalue weighted by atomic mass is 10.2. The predicted molar refractivity (Wildman–Crippen MR) is 120 cm³/mol. The minimum atomic E-state index is 0.0155. The van der Waals surface area contributed by atoms with Gasteiger partial charge in [0, 0.05) is 44.6 Å². The van der Waals surface area contributed by atoms with Crippen LogP contribution < -0.4 is 4.90 Å². The van der Waals surface area contributed by atoms with Gasteiger partial charge in [0.15, 0.2) is 0 Å². The van der Waals surface area contributed by atoms with Gasteiger partial charge in [-0.15, -0.1) is 0 Å². The first-order valence-electron chi connectivity index (χ1n) is 10.6. The van der Waals surface area contributed by atoms with Crippen LogP contribution in [0.5, 0.6) is 0 Å². The number of carbonyl (C=O) groups is 1. The largest absolute Gasteiger partial charge is 0.353 e. The number of piperazine rings is 1.